The Morgan fingerprint density at radius 2 is 1.91 bits per heavy atom. The van der Waals surface area contributed by atoms with Gasteiger partial charge in [-0.2, -0.15) is 0 Å². The number of rotatable bonds is 3. The molecule has 2 aromatic rings. The molecule has 1 aliphatic heterocycles. The molecule has 0 bridgehead atoms. The largest absolute Gasteiger partial charge is 0.463 e. The molecule has 0 fully saturated rings. The zero-order chi connectivity index (χ0) is 15.4. The number of fused-ring (bicyclic) bond motifs is 1. The van der Waals surface area contributed by atoms with Crippen LogP contribution in [0.15, 0.2) is 71.3 Å². The highest BCUT2D eigenvalue weighted by molar-refractivity contribution is 8.00. The number of hydrogen-bond acceptors (Lipinski definition) is 4. The van der Waals surface area contributed by atoms with Gasteiger partial charge in [0.25, 0.3) is 0 Å². The third-order valence-electron chi connectivity index (χ3n) is 3.36. The summed E-state index contributed by atoms with van der Waals surface area (Å²) in [6.45, 7) is 2.19. The first-order valence-corrected chi connectivity index (χ1v) is 8.12. The quantitative estimate of drug-likeness (QED) is 0.674. The van der Waals surface area contributed by atoms with Gasteiger partial charge >= 0.3 is 5.97 Å². The summed E-state index contributed by atoms with van der Waals surface area (Å²) in [6, 6.07) is 18.3. The van der Waals surface area contributed by atoms with E-state index in [1.165, 1.54) is 4.90 Å². The Morgan fingerprint density at radius 1 is 1.18 bits per heavy atom. The van der Waals surface area contributed by atoms with Crippen molar-refractivity contribution < 1.29 is 9.53 Å². The van der Waals surface area contributed by atoms with Gasteiger partial charge in [-0.15, -0.1) is 11.8 Å². The van der Waals surface area contributed by atoms with Crippen molar-refractivity contribution >= 4 is 23.4 Å². The van der Waals surface area contributed by atoms with Crippen LogP contribution in [0.2, 0.25) is 0 Å². The number of thioether (sulfide) groups is 1. The lowest BCUT2D eigenvalue weighted by atomic mass is 10.1. The minimum Gasteiger partial charge on any atom is -0.463 e. The normalized spacial score (nSPS) is 18.4. The van der Waals surface area contributed by atoms with Crippen LogP contribution in [0, 0.1) is 0 Å². The van der Waals surface area contributed by atoms with Gasteiger partial charge in [0.1, 0.15) is 0 Å². The van der Waals surface area contributed by atoms with Crippen LogP contribution in [0.1, 0.15) is 17.7 Å². The Morgan fingerprint density at radius 3 is 2.68 bits per heavy atom. The lowest BCUT2D eigenvalue weighted by molar-refractivity contribution is -0.137. The first-order valence-electron chi connectivity index (χ1n) is 7.24. The smallest absolute Gasteiger partial charge is 0.332 e. The summed E-state index contributed by atoms with van der Waals surface area (Å²) in [6.07, 6.45) is 1.56. The highest BCUT2D eigenvalue weighted by Gasteiger charge is 2.25. The highest BCUT2D eigenvalue weighted by Crippen LogP contribution is 2.47. The molecule has 0 spiro atoms. The summed E-state index contributed by atoms with van der Waals surface area (Å²) < 4.78 is 5.05. The van der Waals surface area contributed by atoms with Crippen molar-refractivity contribution in [1.82, 2.24) is 0 Å². The Balaban J connectivity index is 1.99. The molecule has 1 heterocycles. The van der Waals surface area contributed by atoms with Gasteiger partial charge in [-0.25, -0.2) is 4.79 Å². The summed E-state index contributed by atoms with van der Waals surface area (Å²) in [4.78, 5) is 13.0. The lowest BCUT2D eigenvalue weighted by Crippen LogP contribution is -2.15. The SMILES string of the molecule is CCOC(=O)C=C1Nc2ccccc2SC1c1ccccc1. The van der Waals surface area contributed by atoms with Crippen LogP contribution in [-0.2, 0) is 9.53 Å². The van der Waals surface area contributed by atoms with Crippen LogP contribution in [-0.4, -0.2) is 12.6 Å². The third-order valence-corrected chi connectivity index (χ3v) is 4.73. The second-order valence-corrected chi connectivity index (χ2v) is 6.03. The van der Waals surface area contributed by atoms with Gasteiger partial charge in [0.05, 0.1) is 17.5 Å². The highest BCUT2D eigenvalue weighted by atomic mass is 32.2. The molecule has 3 nitrogen and oxygen atoms in total. The zero-order valence-corrected chi connectivity index (χ0v) is 13.1. The van der Waals surface area contributed by atoms with E-state index in [0.717, 1.165) is 16.9 Å². The van der Waals surface area contributed by atoms with E-state index < -0.39 is 0 Å². The minimum absolute atomic E-state index is 0.0560. The first-order chi connectivity index (χ1) is 10.8. The van der Waals surface area contributed by atoms with Crippen molar-refractivity contribution in [3.05, 3.63) is 71.9 Å². The summed E-state index contributed by atoms with van der Waals surface area (Å²) >= 11 is 1.74. The molecule has 0 amide bonds. The fourth-order valence-electron chi connectivity index (χ4n) is 2.38. The third kappa shape index (κ3) is 3.17. The van der Waals surface area contributed by atoms with E-state index in [1.807, 2.05) is 43.3 Å². The molecule has 0 aromatic heterocycles. The van der Waals surface area contributed by atoms with Crippen LogP contribution in [0.3, 0.4) is 0 Å². The zero-order valence-electron chi connectivity index (χ0n) is 12.3. The predicted octanol–water partition coefficient (Wildman–Crippen LogP) is 4.39. The molecule has 22 heavy (non-hydrogen) atoms. The molecule has 0 aliphatic carbocycles. The fraction of sp³-hybridized carbons (Fsp3) is 0.167. The maximum atomic E-state index is 11.9. The van der Waals surface area contributed by atoms with Crippen LogP contribution in [0.5, 0.6) is 0 Å². The van der Waals surface area contributed by atoms with Crippen molar-refractivity contribution in [3.8, 4) is 0 Å². The predicted molar refractivity (Wildman–Crippen MR) is 89.8 cm³/mol. The molecule has 1 aliphatic rings. The second-order valence-electron chi connectivity index (χ2n) is 4.88. The average molecular weight is 311 g/mol. The number of benzene rings is 2. The molecule has 2 aromatic carbocycles. The summed E-state index contributed by atoms with van der Waals surface area (Å²) in [5, 5.41) is 3.43. The van der Waals surface area contributed by atoms with Crippen molar-refractivity contribution in [2.24, 2.45) is 0 Å². The first kappa shape index (κ1) is 14.7. The maximum absolute atomic E-state index is 11.9. The number of para-hydroxylation sites is 1. The minimum atomic E-state index is -0.314. The monoisotopic (exact) mass is 311 g/mol. The molecule has 1 atom stereocenters. The second kappa shape index (κ2) is 6.71. The molecular weight excluding hydrogens is 294 g/mol. The van der Waals surface area contributed by atoms with E-state index >= 15 is 0 Å². The van der Waals surface area contributed by atoms with E-state index in [4.69, 9.17) is 4.74 Å². The van der Waals surface area contributed by atoms with Gasteiger partial charge < -0.3 is 10.1 Å². The van der Waals surface area contributed by atoms with Crippen molar-refractivity contribution in [2.45, 2.75) is 17.1 Å². The van der Waals surface area contributed by atoms with E-state index in [9.17, 15) is 4.79 Å². The van der Waals surface area contributed by atoms with Crippen LogP contribution >= 0.6 is 11.8 Å². The average Bonchev–Trinajstić information content (AvgIpc) is 2.55. The van der Waals surface area contributed by atoms with Gasteiger partial charge in [-0.05, 0) is 24.6 Å². The maximum Gasteiger partial charge on any atom is 0.332 e. The van der Waals surface area contributed by atoms with Crippen molar-refractivity contribution in [3.63, 3.8) is 0 Å². The molecule has 0 saturated heterocycles. The number of carbonyl (C=O) groups is 1. The standard InChI is InChI=1S/C18H17NO2S/c1-2-21-17(20)12-15-18(13-8-4-3-5-9-13)22-16-11-7-6-10-14(16)19-15/h3-12,18-19H,2H2,1H3. The van der Waals surface area contributed by atoms with Gasteiger partial charge in [0, 0.05) is 16.7 Å². The Kier molecular flexibility index (Phi) is 4.49. The molecule has 112 valence electrons. The van der Waals surface area contributed by atoms with E-state index in [-0.39, 0.29) is 11.2 Å². The Labute approximate surface area is 134 Å². The summed E-state index contributed by atoms with van der Waals surface area (Å²) in [5.41, 5.74) is 3.04. The van der Waals surface area contributed by atoms with Crippen LogP contribution < -0.4 is 5.32 Å². The number of nitrogens with one attached hydrogen (secondary N) is 1. The molecular formula is C18H17NO2S. The number of anilines is 1. The number of ether oxygens (including phenoxy) is 1. The van der Waals surface area contributed by atoms with Gasteiger partial charge in [0.15, 0.2) is 0 Å². The number of hydrogen-bond donors (Lipinski definition) is 1. The molecule has 0 radical (unpaired) electrons. The molecule has 1 unspecified atom stereocenters. The number of esters is 1. The van der Waals surface area contributed by atoms with E-state index in [1.54, 1.807) is 17.8 Å². The topological polar surface area (TPSA) is 38.3 Å². The van der Waals surface area contributed by atoms with Gasteiger partial charge in [-0.1, -0.05) is 42.5 Å². The fourth-order valence-corrected chi connectivity index (χ4v) is 3.59. The molecule has 1 N–H and O–H groups in total. The molecule has 3 rings (SSSR count). The summed E-state index contributed by atoms with van der Waals surface area (Å²) in [5.74, 6) is -0.314. The van der Waals surface area contributed by atoms with E-state index in [2.05, 4.69) is 23.5 Å². The van der Waals surface area contributed by atoms with Crippen LogP contribution in [0.4, 0.5) is 5.69 Å². The van der Waals surface area contributed by atoms with E-state index in [0.29, 0.717) is 6.61 Å². The Bertz CT molecular complexity index is 697. The molecule has 4 heteroatoms. The van der Waals surface area contributed by atoms with Crippen molar-refractivity contribution in [1.29, 1.82) is 0 Å². The van der Waals surface area contributed by atoms with Crippen LogP contribution in [0.25, 0.3) is 0 Å². The summed E-state index contributed by atoms with van der Waals surface area (Å²) in [7, 11) is 0. The Hall–Kier alpha value is -2.20. The van der Waals surface area contributed by atoms with Gasteiger partial charge in [0.2, 0.25) is 0 Å². The lowest BCUT2D eigenvalue weighted by Gasteiger charge is -2.28. The number of carbonyl (C=O) groups excluding carboxylic acids is 1. The van der Waals surface area contributed by atoms with Crippen molar-refractivity contribution in [2.75, 3.05) is 11.9 Å². The molecule has 0 saturated carbocycles. The van der Waals surface area contributed by atoms with Gasteiger partial charge in [-0.3, -0.25) is 0 Å².